The summed E-state index contributed by atoms with van der Waals surface area (Å²) in [4.78, 5) is 12.7. The van der Waals surface area contributed by atoms with Crippen LogP contribution in [0.5, 0.6) is 0 Å². The van der Waals surface area contributed by atoms with E-state index in [1.165, 1.54) is 19.1 Å². The van der Waals surface area contributed by atoms with Crippen LogP contribution in [-0.2, 0) is 9.47 Å². The molecule has 0 radical (unpaired) electrons. The van der Waals surface area contributed by atoms with Gasteiger partial charge in [-0.15, -0.1) is 0 Å². The molecule has 1 heterocycles. The van der Waals surface area contributed by atoms with Gasteiger partial charge in [0, 0.05) is 26.3 Å². The van der Waals surface area contributed by atoms with E-state index in [1.807, 2.05) is 19.1 Å². The Morgan fingerprint density at radius 3 is 2.72 bits per heavy atom. The number of fused-ring (bicyclic) bond motifs is 1. The fourth-order valence-corrected chi connectivity index (χ4v) is 2.26. The minimum Gasteiger partial charge on any atom is -0.465 e. The lowest BCUT2D eigenvalue weighted by atomic mass is 9.94. The summed E-state index contributed by atoms with van der Waals surface area (Å²) in [6.07, 6.45) is 7.08. The second kappa shape index (κ2) is 4.59. The zero-order chi connectivity index (χ0) is 13.3. The monoisotopic (exact) mass is 251 g/mol. The summed E-state index contributed by atoms with van der Waals surface area (Å²) in [5, 5.41) is 9.32. The molecule has 1 amide bonds. The summed E-state index contributed by atoms with van der Waals surface area (Å²) in [6, 6.07) is -0.0876. The lowest BCUT2D eigenvalue weighted by Crippen LogP contribution is -2.42. The summed E-state index contributed by atoms with van der Waals surface area (Å²) in [5.41, 5.74) is 1.51. The Bertz CT molecular complexity index is 446. The number of nitrogens with zero attached hydrogens (tertiary/aromatic N) is 1. The molecule has 0 fully saturated rings. The number of rotatable bonds is 2. The SMILES string of the molecule is COC1(OC)C=CC2=CCC(C)N(C(=O)O)C2=C1. The molecule has 98 valence electrons. The maximum atomic E-state index is 11.4. The van der Waals surface area contributed by atoms with Crippen molar-refractivity contribution in [2.45, 2.75) is 25.2 Å². The molecule has 5 heteroatoms. The Balaban J connectivity index is 2.47. The molecule has 1 aliphatic carbocycles. The van der Waals surface area contributed by atoms with Crippen molar-refractivity contribution in [2.75, 3.05) is 14.2 Å². The average molecular weight is 251 g/mol. The van der Waals surface area contributed by atoms with E-state index in [0.29, 0.717) is 12.1 Å². The number of amides is 1. The Labute approximate surface area is 106 Å². The number of carboxylic acid groups (broad SMARTS) is 1. The maximum absolute atomic E-state index is 11.4. The zero-order valence-corrected chi connectivity index (χ0v) is 10.7. The number of methoxy groups -OCH3 is 2. The third-order valence-electron chi connectivity index (χ3n) is 3.35. The van der Waals surface area contributed by atoms with E-state index in [2.05, 4.69) is 0 Å². The van der Waals surface area contributed by atoms with Crippen LogP contribution in [-0.4, -0.2) is 42.1 Å². The highest BCUT2D eigenvalue weighted by molar-refractivity contribution is 5.71. The largest absolute Gasteiger partial charge is 0.465 e. The molecule has 0 aromatic rings. The second-order valence-electron chi connectivity index (χ2n) is 4.39. The predicted molar refractivity (Wildman–Crippen MR) is 66.0 cm³/mol. The first-order valence-corrected chi connectivity index (χ1v) is 5.78. The summed E-state index contributed by atoms with van der Waals surface area (Å²) in [7, 11) is 3.05. The predicted octanol–water partition coefficient (Wildman–Crippen LogP) is 2.13. The van der Waals surface area contributed by atoms with Gasteiger partial charge in [0.15, 0.2) is 0 Å². The standard InChI is InChI=1S/C13H17NO4/c1-9-4-5-10-6-7-13(17-2,18-3)8-11(10)14(9)12(15)16/h5-9H,4H2,1-3H3,(H,15,16). The highest BCUT2D eigenvalue weighted by Crippen LogP contribution is 2.34. The van der Waals surface area contributed by atoms with Crippen molar-refractivity contribution in [3.63, 3.8) is 0 Å². The molecule has 18 heavy (non-hydrogen) atoms. The van der Waals surface area contributed by atoms with Crippen LogP contribution in [0.4, 0.5) is 4.79 Å². The number of ether oxygens (including phenoxy) is 2. The average Bonchev–Trinajstić information content (AvgIpc) is 2.37. The molecule has 0 spiro atoms. The number of hydrogen-bond donors (Lipinski definition) is 1. The van der Waals surface area contributed by atoms with Gasteiger partial charge in [0.25, 0.3) is 0 Å². The number of carbonyl (C=O) groups is 1. The molecule has 0 saturated carbocycles. The van der Waals surface area contributed by atoms with Gasteiger partial charge in [0.2, 0.25) is 5.79 Å². The molecule has 0 bridgehead atoms. The van der Waals surface area contributed by atoms with Crippen LogP contribution >= 0.6 is 0 Å². The van der Waals surface area contributed by atoms with Crippen molar-refractivity contribution >= 4 is 6.09 Å². The van der Waals surface area contributed by atoms with Gasteiger partial charge in [-0.3, -0.25) is 4.90 Å². The lowest BCUT2D eigenvalue weighted by molar-refractivity contribution is -0.134. The summed E-state index contributed by atoms with van der Waals surface area (Å²) < 4.78 is 10.6. The minimum atomic E-state index is -0.989. The molecule has 2 rings (SSSR count). The smallest absolute Gasteiger partial charge is 0.412 e. The molecule has 0 aromatic carbocycles. The van der Waals surface area contributed by atoms with Crippen molar-refractivity contribution < 1.29 is 19.4 Å². The normalized spacial score (nSPS) is 25.3. The van der Waals surface area contributed by atoms with Crippen molar-refractivity contribution in [1.82, 2.24) is 4.90 Å². The summed E-state index contributed by atoms with van der Waals surface area (Å²) >= 11 is 0. The van der Waals surface area contributed by atoms with Crippen LogP contribution in [0.25, 0.3) is 0 Å². The highest BCUT2D eigenvalue weighted by Gasteiger charge is 2.35. The van der Waals surface area contributed by atoms with Crippen LogP contribution in [0.1, 0.15) is 13.3 Å². The van der Waals surface area contributed by atoms with E-state index in [0.717, 1.165) is 5.57 Å². The van der Waals surface area contributed by atoms with E-state index in [1.54, 1.807) is 12.2 Å². The van der Waals surface area contributed by atoms with Crippen molar-refractivity contribution in [2.24, 2.45) is 0 Å². The molecule has 0 aromatic heterocycles. The molecular formula is C13H17NO4. The molecule has 5 nitrogen and oxygen atoms in total. The molecule has 2 aliphatic rings. The molecular weight excluding hydrogens is 234 g/mol. The highest BCUT2D eigenvalue weighted by atomic mass is 16.7. The van der Waals surface area contributed by atoms with Crippen molar-refractivity contribution in [3.8, 4) is 0 Å². The summed E-state index contributed by atoms with van der Waals surface area (Å²) in [5.74, 6) is -0.989. The van der Waals surface area contributed by atoms with E-state index in [-0.39, 0.29) is 6.04 Å². The van der Waals surface area contributed by atoms with Gasteiger partial charge in [-0.25, -0.2) is 4.79 Å². The van der Waals surface area contributed by atoms with Crippen molar-refractivity contribution in [3.05, 3.63) is 35.6 Å². The number of hydrogen-bond acceptors (Lipinski definition) is 3. The van der Waals surface area contributed by atoms with Crippen LogP contribution in [0.2, 0.25) is 0 Å². The van der Waals surface area contributed by atoms with E-state index in [9.17, 15) is 9.90 Å². The molecule has 1 atom stereocenters. The first-order chi connectivity index (χ1) is 8.53. The van der Waals surface area contributed by atoms with Crippen LogP contribution in [0.3, 0.4) is 0 Å². The number of allylic oxidation sites excluding steroid dienone is 1. The molecule has 1 unspecified atom stereocenters. The minimum absolute atomic E-state index is 0.0876. The maximum Gasteiger partial charge on any atom is 0.412 e. The third-order valence-corrected chi connectivity index (χ3v) is 3.35. The van der Waals surface area contributed by atoms with Gasteiger partial charge >= 0.3 is 6.09 Å². The van der Waals surface area contributed by atoms with E-state index in [4.69, 9.17) is 9.47 Å². The Kier molecular flexibility index (Phi) is 3.28. The fourth-order valence-electron chi connectivity index (χ4n) is 2.26. The Morgan fingerprint density at radius 2 is 2.17 bits per heavy atom. The van der Waals surface area contributed by atoms with Gasteiger partial charge in [0.05, 0.1) is 5.70 Å². The molecule has 1 aliphatic heterocycles. The Hall–Kier alpha value is -1.59. The molecule has 0 saturated heterocycles. The third kappa shape index (κ3) is 1.95. The van der Waals surface area contributed by atoms with Gasteiger partial charge in [-0.1, -0.05) is 12.2 Å². The van der Waals surface area contributed by atoms with Crippen LogP contribution in [0, 0.1) is 0 Å². The first-order valence-electron chi connectivity index (χ1n) is 5.78. The first kappa shape index (κ1) is 12.9. The Morgan fingerprint density at radius 1 is 1.50 bits per heavy atom. The van der Waals surface area contributed by atoms with Gasteiger partial charge in [-0.05, 0) is 25.0 Å². The summed E-state index contributed by atoms with van der Waals surface area (Å²) in [6.45, 7) is 1.88. The molecule has 1 N–H and O–H groups in total. The fraction of sp³-hybridized carbons (Fsp3) is 0.462. The lowest BCUT2D eigenvalue weighted by Gasteiger charge is -2.37. The van der Waals surface area contributed by atoms with Gasteiger partial charge < -0.3 is 14.6 Å². The van der Waals surface area contributed by atoms with Gasteiger partial charge in [-0.2, -0.15) is 0 Å². The second-order valence-corrected chi connectivity index (χ2v) is 4.39. The van der Waals surface area contributed by atoms with E-state index < -0.39 is 11.9 Å². The topological polar surface area (TPSA) is 59.0 Å². The van der Waals surface area contributed by atoms with Crippen molar-refractivity contribution in [1.29, 1.82) is 0 Å². The van der Waals surface area contributed by atoms with Crippen LogP contribution in [0.15, 0.2) is 35.6 Å². The van der Waals surface area contributed by atoms with Crippen LogP contribution < -0.4 is 0 Å². The van der Waals surface area contributed by atoms with Gasteiger partial charge in [0.1, 0.15) is 0 Å². The quantitative estimate of drug-likeness (QED) is 0.764. The zero-order valence-electron chi connectivity index (χ0n) is 10.7. The van der Waals surface area contributed by atoms with E-state index >= 15 is 0 Å².